The molecule has 7 nitrogen and oxygen atoms in total. The minimum Gasteiger partial charge on any atom is -0.496 e. The minimum atomic E-state index is -0.538. The van der Waals surface area contributed by atoms with Gasteiger partial charge in [-0.1, -0.05) is 18.2 Å². The highest BCUT2D eigenvalue weighted by molar-refractivity contribution is 5.98. The van der Waals surface area contributed by atoms with Crippen LogP contribution < -0.4 is 4.74 Å². The van der Waals surface area contributed by atoms with Gasteiger partial charge in [-0.15, -0.1) is 0 Å². The lowest BCUT2D eigenvalue weighted by atomic mass is 10.0. The van der Waals surface area contributed by atoms with Crippen LogP contribution >= 0.6 is 0 Å². The lowest BCUT2D eigenvalue weighted by molar-refractivity contribution is 0.0455. The van der Waals surface area contributed by atoms with Gasteiger partial charge in [-0.05, 0) is 43.7 Å². The summed E-state index contributed by atoms with van der Waals surface area (Å²) in [6.07, 6.45) is 0. The molecule has 0 amide bonds. The SMILES string of the molecule is CCOCc1cc(C(=O)OCc2nc3ccccc3c(C)c2C(=O)OC)ccc1OC. The van der Waals surface area contributed by atoms with E-state index < -0.39 is 11.9 Å². The number of ether oxygens (including phenoxy) is 4. The van der Waals surface area contributed by atoms with E-state index in [9.17, 15) is 9.59 Å². The zero-order valence-electron chi connectivity index (χ0n) is 18.1. The topological polar surface area (TPSA) is 84.0 Å². The van der Waals surface area contributed by atoms with E-state index in [1.54, 1.807) is 25.3 Å². The Labute approximate surface area is 180 Å². The van der Waals surface area contributed by atoms with E-state index in [4.69, 9.17) is 18.9 Å². The molecular formula is C24H25NO6. The smallest absolute Gasteiger partial charge is 0.340 e. The molecule has 0 unspecified atom stereocenters. The number of rotatable bonds is 8. The first-order valence-electron chi connectivity index (χ1n) is 9.88. The molecule has 0 saturated carbocycles. The van der Waals surface area contributed by atoms with E-state index in [0.29, 0.717) is 41.3 Å². The van der Waals surface area contributed by atoms with Crippen molar-refractivity contribution in [1.29, 1.82) is 0 Å². The fourth-order valence-electron chi connectivity index (χ4n) is 3.37. The van der Waals surface area contributed by atoms with Crippen LogP contribution in [0.15, 0.2) is 42.5 Å². The highest BCUT2D eigenvalue weighted by Gasteiger charge is 2.21. The quantitative estimate of drug-likeness (QED) is 0.501. The summed E-state index contributed by atoms with van der Waals surface area (Å²) in [6.45, 7) is 4.41. The van der Waals surface area contributed by atoms with Gasteiger partial charge in [0, 0.05) is 17.6 Å². The Bertz CT molecular complexity index is 1110. The Morgan fingerprint density at radius 1 is 1.00 bits per heavy atom. The predicted octanol–water partition coefficient (Wildman–Crippen LogP) is 4.23. The van der Waals surface area contributed by atoms with Crippen molar-refractivity contribution < 1.29 is 28.5 Å². The number of aromatic nitrogens is 1. The van der Waals surface area contributed by atoms with Gasteiger partial charge in [-0.25, -0.2) is 14.6 Å². The molecule has 31 heavy (non-hydrogen) atoms. The average Bonchev–Trinajstić information content (AvgIpc) is 2.80. The average molecular weight is 423 g/mol. The van der Waals surface area contributed by atoms with Gasteiger partial charge >= 0.3 is 11.9 Å². The number of carbonyl (C=O) groups excluding carboxylic acids is 2. The van der Waals surface area contributed by atoms with Crippen LogP contribution in [0, 0.1) is 6.92 Å². The fourth-order valence-corrected chi connectivity index (χ4v) is 3.37. The van der Waals surface area contributed by atoms with Crippen LogP contribution in [0.5, 0.6) is 5.75 Å². The van der Waals surface area contributed by atoms with E-state index in [0.717, 1.165) is 16.5 Å². The summed E-state index contributed by atoms with van der Waals surface area (Å²) in [7, 11) is 2.87. The molecule has 0 radical (unpaired) electrons. The Balaban J connectivity index is 1.88. The Kier molecular flexibility index (Phi) is 7.20. The van der Waals surface area contributed by atoms with Gasteiger partial charge in [0.1, 0.15) is 12.4 Å². The van der Waals surface area contributed by atoms with Crippen LogP contribution in [0.3, 0.4) is 0 Å². The summed E-state index contributed by atoms with van der Waals surface area (Å²) in [5.41, 5.74) is 3.19. The third kappa shape index (κ3) is 4.83. The predicted molar refractivity (Wildman–Crippen MR) is 115 cm³/mol. The molecule has 0 aliphatic carbocycles. The fraction of sp³-hybridized carbons (Fsp3) is 0.292. The maximum atomic E-state index is 12.7. The zero-order chi connectivity index (χ0) is 22.4. The molecule has 0 atom stereocenters. The van der Waals surface area contributed by atoms with Gasteiger partial charge < -0.3 is 18.9 Å². The van der Waals surface area contributed by atoms with Gasteiger partial charge in [0.15, 0.2) is 0 Å². The Morgan fingerprint density at radius 3 is 2.48 bits per heavy atom. The Hall–Kier alpha value is -3.45. The molecule has 1 heterocycles. The molecule has 0 aliphatic heterocycles. The van der Waals surface area contributed by atoms with Crippen LogP contribution in [-0.4, -0.2) is 37.7 Å². The standard InChI is InChI=1S/C24H25NO6/c1-5-30-13-17-12-16(10-11-21(17)28-3)23(26)31-14-20-22(24(27)29-4)15(2)18-8-6-7-9-19(18)25-20/h6-12H,5,13-14H2,1-4H3. The molecule has 3 aromatic rings. The van der Waals surface area contributed by atoms with Crippen molar-refractivity contribution in [2.45, 2.75) is 27.1 Å². The number of methoxy groups -OCH3 is 2. The number of para-hydroxylation sites is 1. The zero-order valence-corrected chi connectivity index (χ0v) is 18.1. The number of fused-ring (bicyclic) bond motifs is 1. The third-order valence-corrected chi connectivity index (χ3v) is 4.93. The summed E-state index contributed by atoms with van der Waals surface area (Å²) in [5, 5.41) is 0.841. The first kappa shape index (κ1) is 22.2. The van der Waals surface area contributed by atoms with Crippen molar-refractivity contribution in [2.24, 2.45) is 0 Å². The number of esters is 2. The van der Waals surface area contributed by atoms with Crippen LogP contribution in [0.1, 0.15) is 44.5 Å². The van der Waals surface area contributed by atoms with Crippen LogP contribution in [0.25, 0.3) is 10.9 Å². The molecule has 2 aromatic carbocycles. The summed E-state index contributed by atoms with van der Waals surface area (Å²) >= 11 is 0. The molecule has 0 N–H and O–H groups in total. The van der Waals surface area contributed by atoms with Gasteiger partial charge in [-0.2, -0.15) is 0 Å². The first-order valence-corrected chi connectivity index (χ1v) is 9.88. The number of carbonyl (C=O) groups is 2. The highest BCUT2D eigenvalue weighted by atomic mass is 16.5. The van der Waals surface area contributed by atoms with Gasteiger partial charge in [0.05, 0.1) is 43.2 Å². The highest BCUT2D eigenvalue weighted by Crippen LogP contribution is 2.25. The summed E-state index contributed by atoms with van der Waals surface area (Å²) in [6, 6.07) is 12.5. The molecule has 0 saturated heterocycles. The van der Waals surface area contributed by atoms with Crippen LogP contribution in [-0.2, 0) is 27.4 Å². The largest absolute Gasteiger partial charge is 0.496 e. The van der Waals surface area contributed by atoms with Gasteiger partial charge in [0.2, 0.25) is 0 Å². The first-order chi connectivity index (χ1) is 15.0. The van der Waals surface area contributed by atoms with Crippen LogP contribution in [0.2, 0.25) is 0 Å². The van der Waals surface area contributed by atoms with E-state index in [1.807, 2.05) is 38.1 Å². The molecule has 0 spiro atoms. The lowest BCUT2D eigenvalue weighted by Crippen LogP contribution is -2.14. The molecule has 7 heteroatoms. The van der Waals surface area contributed by atoms with E-state index in [-0.39, 0.29) is 6.61 Å². The van der Waals surface area contributed by atoms with Crippen molar-refractivity contribution >= 4 is 22.8 Å². The molecule has 0 aliphatic rings. The normalized spacial score (nSPS) is 10.7. The Morgan fingerprint density at radius 2 is 1.77 bits per heavy atom. The third-order valence-electron chi connectivity index (χ3n) is 4.93. The second kappa shape index (κ2) is 10.0. The van der Waals surface area contributed by atoms with Crippen LogP contribution in [0.4, 0.5) is 0 Å². The molecule has 3 rings (SSSR count). The van der Waals surface area contributed by atoms with Crippen molar-refractivity contribution in [3.05, 3.63) is 70.4 Å². The van der Waals surface area contributed by atoms with E-state index in [1.165, 1.54) is 7.11 Å². The van der Waals surface area contributed by atoms with E-state index in [2.05, 4.69) is 4.98 Å². The van der Waals surface area contributed by atoms with Crippen molar-refractivity contribution in [1.82, 2.24) is 4.98 Å². The monoisotopic (exact) mass is 423 g/mol. The van der Waals surface area contributed by atoms with Crippen molar-refractivity contribution in [3.63, 3.8) is 0 Å². The second-order valence-corrected chi connectivity index (χ2v) is 6.81. The molecule has 1 aromatic heterocycles. The number of hydrogen-bond acceptors (Lipinski definition) is 7. The maximum absolute atomic E-state index is 12.7. The molecular weight excluding hydrogens is 398 g/mol. The second-order valence-electron chi connectivity index (χ2n) is 6.81. The summed E-state index contributed by atoms with van der Waals surface area (Å²) in [5.74, 6) is -0.432. The lowest BCUT2D eigenvalue weighted by Gasteiger charge is -2.14. The summed E-state index contributed by atoms with van der Waals surface area (Å²) < 4.78 is 21.2. The summed E-state index contributed by atoms with van der Waals surface area (Å²) in [4.78, 5) is 29.6. The number of pyridine rings is 1. The van der Waals surface area contributed by atoms with E-state index >= 15 is 0 Å². The van der Waals surface area contributed by atoms with Crippen molar-refractivity contribution in [2.75, 3.05) is 20.8 Å². The number of benzene rings is 2. The van der Waals surface area contributed by atoms with Crippen molar-refractivity contribution in [3.8, 4) is 5.75 Å². The van der Waals surface area contributed by atoms with Gasteiger partial charge in [-0.3, -0.25) is 0 Å². The number of nitrogens with zero attached hydrogens (tertiary/aromatic N) is 1. The molecule has 0 fully saturated rings. The number of aryl methyl sites for hydroxylation is 1. The minimum absolute atomic E-state index is 0.165. The maximum Gasteiger partial charge on any atom is 0.340 e. The molecule has 0 bridgehead atoms. The molecule has 162 valence electrons. The van der Waals surface area contributed by atoms with Gasteiger partial charge in [0.25, 0.3) is 0 Å². The number of hydrogen-bond donors (Lipinski definition) is 0.